The zero-order chi connectivity index (χ0) is 13.1. The smallest absolute Gasteiger partial charge is 0.178 e. The van der Waals surface area contributed by atoms with Crippen LogP contribution in [0.15, 0.2) is 48.9 Å². The molecular formula is C16H11N3. The van der Waals surface area contributed by atoms with Gasteiger partial charge in [-0.2, -0.15) is 0 Å². The molecule has 2 heterocycles. The van der Waals surface area contributed by atoms with E-state index in [1.807, 2.05) is 18.2 Å². The summed E-state index contributed by atoms with van der Waals surface area (Å²) in [4.78, 5) is 12.6. The second-order valence-corrected chi connectivity index (χ2v) is 4.24. The molecule has 0 N–H and O–H groups in total. The standard InChI is InChI=1S/C16H11N3/c1-12-3-2-4-13(9-12)5-6-14-10-15-16(19-11-14)18-8-7-17-15/h2-4,7-11H,1H3. The quantitative estimate of drug-likeness (QED) is 0.572. The van der Waals surface area contributed by atoms with Crippen molar-refractivity contribution in [2.75, 3.05) is 0 Å². The van der Waals surface area contributed by atoms with Gasteiger partial charge in [-0.3, -0.25) is 4.98 Å². The highest BCUT2D eigenvalue weighted by atomic mass is 14.9. The summed E-state index contributed by atoms with van der Waals surface area (Å²) in [5, 5.41) is 0. The fourth-order valence-corrected chi connectivity index (χ4v) is 1.79. The Labute approximate surface area is 111 Å². The first-order valence-electron chi connectivity index (χ1n) is 5.97. The summed E-state index contributed by atoms with van der Waals surface area (Å²) in [6.07, 6.45) is 5.01. The summed E-state index contributed by atoms with van der Waals surface area (Å²) in [5.74, 6) is 6.23. The average molecular weight is 245 g/mol. The van der Waals surface area contributed by atoms with Crippen molar-refractivity contribution in [2.45, 2.75) is 6.92 Å². The first kappa shape index (κ1) is 11.4. The predicted octanol–water partition coefficient (Wildman–Crippen LogP) is 2.73. The Balaban J connectivity index is 1.98. The molecule has 0 amide bonds. The Morgan fingerprint density at radius 1 is 0.895 bits per heavy atom. The van der Waals surface area contributed by atoms with E-state index in [1.165, 1.54) is 5.56 Å². The summed E-state index contributed by atoms with van der Waals surface area (Å²) in [6.45, 7) is 2.05. The first-order chi connectivity index (χ1) is 9.31. The zero-order valence-electron chi connectivity index (χ0n) is 10.5. The molecule has 0 saturated carbocycles. The van der Waals surface area contributed by atoms with E-state index in [4.69, 9.17) is 0 Å². The predicted molar refractivity (Wildman–Crippen MR) is 74.5 cm³/mol. The van der Waals surface area contributed by atoms with Crippen LogP contribution in [-0.4, -0.2) is 15.0 Å². The number of aryl methyl sites for hydroxylation is 1. The van der Waals surface area contributed by atoms with E-state index in [-0.39, 0.29) is 0 Å². The molecule has 0 atom stereocenters. The maximum absolute atomic E-state index is 4.23. The number of pyridine rings is 1. The van der Waals surface area contributed by atoms with Gasteiger partial charge in [-0.1, -0.05) is 24.0 Å². The maximum atomic E-state index is 4.23. The average Bonchev–Trinajstić information content (AvgIpc) is 2.45. The number of hydrogen-bond donors (Lipinski definition) is 0. The Morgan fingerprint density at radius 2 is 1.74 bits per heavy atom. The molecule has 0 spiro atoms. The van der Waals surface area contributed by atoms with Gasteiger partial charge in [0.05, 0.1) is 0 Å². The van der Waals surface area contributed by atoms with Crippen molar-refractivity contribution in [1.82, 2.24) is 15.0 Å². The number of fused-ring (bicyclic) bond motifs is 1. The molecule has 0 fully saturated rings. The van der Waals surface area contributed by atoms with Gasteiger partial charge in [0.25, 0.3) is 0 Å². The van der Waals surface area contributed by atoms with Gasteiger partial charge in [0, 0.05) is 29.7 Å². The van der Waals surface area contributed by atoms with Crippen LogP contribution in [0.25, 0.3) is 11.2 Å². The molecule has 0 aliphatic rings. The van der Waals surface area contributed by atoms with Gasteiger partial charge in [0.2, 0.25) is 0 Å². The highest BCUT2D eigenvalue weighted by molar-refractivity contribution is 5.70. The molecule has 3 rings (SSSR count). The third-order valence-corrected chi connectivity index (χ3v) is 2.69. The summed E-state index contributed by atoms with van der Waals surface area (Å²) in [7, 11) is 0. The topological polar surface area (TPSA) is 38.7 Å². The molecule has 1 aromatic carbocycles. The summed E-state index contributed by atoms with van der Waals surface area (Å²) >= 11 is 0. The van der Waals surface area contributed by atoms with Crippen molar-refractivity contribution in [2.24, 2.45) is 0 Å². The van der Waals surface area contributed by atoms with Crippen molar-refractivity contribution in [3.8, 4) is 11.8 Å². The van der Waals surface area contributed by atoms with Crippen LogP contribution >= 0.6 is 0 Å². The van der Waals surface area contributed by atoms with E-state index in [1.54, 1.807) is 18.6 Å². The number of hydrogen-bond acceptors (Lipinski definition) is 3. The van der Waals surface area contributed by atoms with Crippen molar-refractivity contribution >= 4 is 11.2 Å². The molecule has 0 aliphatic heterocycles. The SMILES string of the molecule is Cc1cccc(C#Cc2cnc3nccnc3c2)c1. The van der Waals surface area contributed by atoms with Crippen LogP contribution in [0.5, 0.6) is 0 Å². The molecule has 3 heteroatoms. The Morgan fingerprint density at radius 3 is 2.63 bits per heavy atom. The van der Waals surface area contributed by atoms with Gasteiger partial charge in [-0.15, -0.1) is 0 Å². The van der Waals surface area contributed by atoms with Crippen LogP contribution in [0.1, 0.15) is 16.7 Å². The van der Waals surface area contributed by atoms with E-state index in [0.29, 0.717) is 5.65 Å². The van der Waals surface area contributed by atoms with Crippen molar-refractivity contribution in [3.05, 3.63) is 65.6 Å². The maximum Gasteiger partial charge on any atom is 0.178 e. The van der Waals surface area contributed by atoms with Gasteiger partial charge in [-0.05, 0) is 30.7 Å². The fourth-order valence-electron chi connectivity index (χ4n) is 1.79. The largest absolute Gasteiger partial charge is 0.251 e. The lowest BCUT2D eigenvalue weighted by molar-refractivity contribution is 1.22. The van der Waals surface area contributed by atoms with Crippen molar-refractivity contribution in [3.63, 3.8) is 0 Å². The normalized spacial score (nSPS) is 9.95. The van der Waals surface area contributed by atoms with Gasteiger partial charge in [-0.25, -0.2) is 9.97 Å². The summed E-state index contributed by atoms with van der Waals surface area (Å²) in [6, 6.07) is 10.0. The lowest BCUT2D eigenvalue weighted by Gasteiger charge is -1.95. The van der Waals surface area contributed by atoms with Crippen LogP contribution < -0.4 is 0 Å². The Hall–Kier alpha value is -2.73. The first-order valence-corrected chi connectivity index (χ1v) is 5.97. The number of aromatic nitrogens is 3. The van der Waals surface area contributed by atoms with Crippen LogP contribution in [0.4, 0.5) is 0 Å². The van der Waals surface area contributed by atoms with Crippen molar-refractivity contribution < 1.29 is 0 Å². The van der Waals surface area contributed by atoms with E-state index in [2.05, 4.69) is 45.8 Å². The van der Waals surface area contributed by atoms with Gasteiger partial charge < -0.3 is 0 Å². The second-order valence-electron chi connectivity index (χ2n) is 4.24. The third kappa shape index (κ3) is 2.58. The molecule has 0 radical (unpaired) electrons. The van der Waals surface area contributed by atoms with E-state index in [0.717, 1.165) is 16.6 Å². The Bertz CT molecular complexity index is 797. The molecule has 3 aromatic rings. The third-order valence-electron chi connectivity index (χ3n) is 2.69. The van der Waals surface area contributed by atoms with Crippen LogP contribution in [0, 0.1) is 18.8 Å². The van der Waals surface area contributed by atoms with Crippen molar-refractivity contribution in [1.29, 1.82) is 0 Å². The van der Waals surface area contributed by atoms with E-state index < -0.39 is 0 Å². The molecule has 19 heavy (non-hydrogen) atoms. The van der Waals surface area contributed by atoms with Gasteiger partial charge in [0.15, 0.2) is 5.65 Å². The lowest BCUT2D eigenvalue weighted by Crippen LogP contribution is -1.87. The van der Waals surface area contributed by atoms with Crippen LogP contribution in [0.2, 0.25) is 0 Å². The number of nitrogens with zero attached hydrogens (tertiary/aromatic N) is 3. The van der Waals surface area contributed by atoms with Crippen LogP contribution in [-0.2, 0) is 0 Å². The molecule has 0 aliphatic carbocycles. The zero-order valence-corrected chi connectivity index (χ0v) is 10.5. The highest BCUT2D eigenvalue weighted by Gasteiger charge is 1.96. The van der Waals surface area contributed by atoms with Crippen LogP contribution in [0.3, 0.4) is 0 Å². The van der Waals surface area contributed by atoms with Gasteiger partial charge >= 0.3 is 0 Å². The van der Waals surface area contributed by atoms with E-state index >= 15 is 0 Å². The fraction of sp³-hybridized carbons (Fsp3) is 0.0625. The van der Waals surface area contributed by atoms with E-state index in [9.17, 15) is 0 Å². The Kier molecular flexibility index (Phi) is 2.91. The molecule has 0 bridgehead atoms. The minimum atomic E-state index is 0.642. The van der Waals surface area contributed by atoms with Gasteiger partial charge in [0.1, 0.15) is 5.52 Å². The molecule has 90 valence electrons. The summed E-state index contributed by atoms with van der Waals surface area (Å²) in [5.41, 5.74) is 4.45. The molecular weight excluding hydrogens is 234 g/mol. The molecule has 0 unspecified atom stereocenters. The monoisotopic (exact) mass is 245 g/mol. The second kappa shape index (κ2) is 4.87. The highest BCUT2D eigenvalue weighted by Crippen LogP contribution is 2.07. The number of benzene rings is 1. The molecule has 3 nitrogen and oxygen atoms in total. The molecule has 2 aromatic heterocycles. The lowest BCUT2D eigenvalue weighted by atomic mass is 10.1. The molecule has 0 saturated heterocycles. The number of rotatable bonds is 0. The minimum Gasteiger partial charge on any atom is -0.251 e. The minimum absolute atomic E-state index is 0.642. The summed E-state index contributed by atoms with van der Waals surface area (Å²) < 4.78 is 0.